The van der Waals surface area contributed by atoms with Crippen LogP contribution in [0.25, 0.3) is 0 Å². The Morgan fingerprint density at radius 3 is 2.85 bits per heavy atom. The van der Waals surface area contributed by atoms with Crippen LogP contribution in [0.5, 0.6) is 5.88 Å². The number of pyridine rings is 1. The molecule has 104 valence electrons. The van der Waals surface area contributed by atoms with Crippen LogP contribution in [0.1, 0.15) is 15.9 Å². The highest BCUT2D eigenvalue weighted by Gasteiger charge is 2.06. The van der Waals surface area contributed by atoms with Crippen molar-refractivity contribution in [3.05, 3.63) is 47.7 Å². The van der Waals surface area contributed by atoms with Gasteiger partial charge in [-0.1, -0.05) is 0 Å². The molecule has 6 nitrogen and oxygen atoms in total. The van der Waals surface area contributed by atoms with Crippen LogP contribution >= 0.6 is 0 Å². The summed E-state index contributed by atoms with van der Waals surface area (Å²) in [6.07, 6.45) is 1.66. The number of nitrogens with two attached hydrogens (primary N) is 1. The number of benzene rings is 1. The summed E-state index contributed by atoms with van der Waals surface area (Å²) in [7, 11) is 1.56. The summed E-state index contributed by atoms with van der Waals surface area (Å²) in [6.45, 7) is 0.537. The number of aromatic nitrogens is 1. The first-order chi connectivity index (χ1) is 9.60. The highest BCUT2D eigenvalue weighted by molar-refractivity contribution is 5.90. The normalized spacial score (nSPS) is 10.1. The summed E-state index contributed by atoms with van der Waals surface area (Å²) in [5.41, 5.74) is 8.05. The first-order valence-corrected chi connectivity index (χ1v) is 5.96. The SMILES string of the molecule is COc1cc(CNc2ccc(C(=O)O)cc2N)ccn1. The summed E-state index contributed by atoms with van der Waals surface area (Å²) >= 11 is 0. The van der Waals surface area contributed by atoms with Crippen LogP contribution in [0, 0.1) is 0 Å². The van der Waals surface area contributed by atoms with E-state index in [1.165, 1.54) is 12.1 Å². The Hall–Kier alpha value is -2.76. The van der Waals surface area contributed by atoms with Gasteiger partial charge in [0, 0.05) is 18.8 Å². The van der Waals surface area contributed by atoms with E-state index in [9.17, 15) is 4.79 Å². The maximum Gasteiger partial charge on any atom is 0.335 e. The fourth-order valence-electron chi connectivity index (χ4n) is 1.73. The third kappa shape index (κ3) is 3.17. The smallest absolute Gasteiger partial charge is 0.335 e. The summed E-state index contributed by atoms with van der Waals surface area (Å²) in [6, 6.07) is 8.26. The third-order valence-electron chi connectivity index (χ3n) is 2.79. The largest absolute Gasteiger partial charge is 0.481 e. The Morgan fingerprint density at radius 2 is 2.20 bits per heavy atom. The molecule has 0 bridgehead atoms. The molecule has 0 saturated carbocycles. The molecule has 1 aromatic heterocycles. The van der Waals surface area contributed by atoms with Crippen molar-refractivity contribution in [2.45, 2.75) is 6.54 Å². The molecule has 0 saturated heterocycles. The van der Waals surface area contributed by atoms with E-state index in [4.69, 9.17) is 15.6 Å². The van der Waals surface area contributed by atoms with E-state index in [-0.39, 0.29) is 5.56 Å². The standard InChI is InChI=1S/C14H15N3O3/c1-20-13-6-9(4-5-16-13)8-17-12-3-2-10(14(18)19)7-11(12)15/h2-7,17H,8,15H2,1H3,(H,18,19). The van der Waals surface area contributed by atoms with Gasteiger partial charge in [-0.3, -0.25) is 0 Å². The third-order valence-corrected chi connectivity index (χ3v) is 2.79. The van der Waals surface area contributed by atoms with Gasteiger partial charge in [0.05, 0.1) is 24.0 Å². The summed E-state index contributed by atoms with van der Waals surface area (Å²) in [4.78, 5) is 14.8. The lowest BCUT2D eigenvalue weighted by Crippen LogP contribution is -2.05. The van der Waals surface area contributed by atoms with Crippen molar-refractivity contribution in [3.63, 3.8) is 0 Å². The van der Waals surface area contributed by atoms with Crippen LogP contribution in [-0.4, -0.2) is 23.2 Å². The van der Waals surface area contributed by atoms with E-state index < -0.39 is 5.97 Å². The van der Waals surface area contributed by atoms with Gasteiger partial charge in [-0.25, -0.2) is 9.78 Å². The molecule has 2 aromatic rings. The molecule has 1 heterocycles. The van der Waals surface area contributed by atoms with Gasteiger partial charge < -0.3 is 20.9 Å². The topological polar surface area (TPSA) is 97.5 Å². The number of nitrogens with one attached hydrogen (secondary N) is 1. The van der Waals surface area contributed by atoms with E-state index in [0.29, 0.717) is 23.8 Å². The fraction of sp³-hybridized carbons (Fsp3) is 0.143. The molecule has 1 aromatic carbocycles. The molecular formula is C14H15N3O3. The summed E-state index contributed by atoms with van der Waals surface area (Å²) < 4.78 is 5.04. The Labute approximate surface area is 116 Å². The van der Waals surface area contributed by atoms with Crippen LogP contribution in [-0.2, 0) is 6.54 Å². The molecule has 0 aliphatic rings. The number of carboxylic acid groups (broad SMARTS) is 1. The van der Waals surface area contributed by atoms with Gasteiger partial charge in [-0.05, 0) is 29.8 Å². The second-order valence-electron chi connectivity index (χ2n) is 4.17. The minimum Gasteiger partial charge on any atom is -0.481 e. The van der Waals surface area contributed by atoms with Crippen LogP contribution in [0.15, 0.2) is 36.5 Å². The van der Waals surface area contributed by atoms with Crippen molar-refractivity contribution in [3.8, 4) is 5.88 Å². The second-order valence-corrected chi connectivity index (χ2v) is 4.17. The van der Waals surface area contributed by atoms with Crippen molar-refractivity contribution in [1.82, 2.24) is 4.98 Å². The predicted octanol–water partition coefficient (Wildman–Crippen LogP) is 1.98. The van der Waals surface area contributed by atoms with Gasteiger partial charge in [-0.2, -0.15) is 0 Å². The maximum atomic E-state index is 10.8. The Balaban J connectivity index is 2.08. The Morgan fingerprint density at radius 1 is 1.40 bits per heavy atom. The number of anilines is 2. The lowest BCUT2D eigenvalue weighted by Gasteiger charge is -2.10. The molecule has 0 unspecified atom stereocenters. The molecule has 6 heteroatoms. The zero-order chi connectivity index (χ0) is 14.5. The van der Waals surface area contributed by atoms with Gasteiger partial charge in [0.1, 0.15) is 0 Å². The summed E-state index contributed by atoms with van der Waals surface area (Å²) in [5, 5.41) is 12.0. The van der Waals surface area contributed by atoms with E-state index in [2.05, 4.69) is 10.3 Å². The molecule has 2 rings (SSSR count). The zero-order valence-electron chi connectivity index (χ0n) is 11.0. The average molecular weight is 273 g/mol. The number of rotatable bonds is 5. The number of ether oxygens (including phenoxy) is 1. The number of carbonyl (C=O) groups is 1. The van der Waals surface area contributed by atoms with Gasteiger partial charge in [0.15, 0.2) is 0 Å². The number of nitrogen functional groups attached to an aromatic ring is 1. The number of methoxy groups -OCH3 is 1. The average Bonchev–Trinajstić information content (AvgIpc) is 2.46. The number of nitrogens with zero attached hydrogens (tertiary/aromatic N) is 1. The highest BCUT2D eigenvalue weighted by Crippen LogP contribution is 2.21. The van der Waals surface area contributed by atoms with Gasteiger partial charge >= 0.3 is 5.97 Å². The van der Waals surface area contributed by atoms with Gasteiger partial charge in [-0.15, -0.1) is 0 Å². The molecule has 0 aliphatic heterocycles. The predicted molar refractivity (Wildman–Crippen MR) is 75.9 cm³/mol. The summed E-state index contributed by atoms with van der Waals surface area (Å²) in [5.74, 6) is -0.458. The molecule has 0 amide bonds. The van der Waals surface area contributed by atoms with E-state index in [0.717, 1.165) is 5.56 Å². The van der Waals surface area contributed by atoms with E-state index >= 15 is 0 Å². The molecule has 20 heavy (non-hydrogen) atoms. The minimum atomic E-state index is -0.998. The highest BCUT2D eigenvalue weighted by atomic mass is 16.5. The Bertz CT molecular complexity index is 629. The van der Waals surface area contributed by atoms with Crippen molar-refractivity contribution < 1.29 is 14.6 Å². The molecule has 0 atom stereocenters. The molecule has 0 aliphatic carbocycles. The first-order valence-electron chi connectivity index (χ1n) is 5.96. The quantitative estimate of drug-likeness (QED) is 0.721. The van der Waals surface area contributed by atoms with Crippen LogP contribution in [0.3, 0.4) is 0 Å². The van der Waals surface area contributed by atoms with Crippen LogP contribution < -0.4 is 15.8 Å². The van der Waals surface area contributed by atoms with Crippen LogP contribution in [0.4, 0.5) is 11.4 Å². The van der Waals surface area contributed by atoms with Crippen molar-refractivity contribution in [1.29, 1.82) is 0 Å². The molecule has 4 N–H and O–H groups in total. The van der Waals surface area contributed by atoms with Crippen molar-refractivity contribution >= 4 is 17.3 Å². The lowest BCUT2D eigenvalue weighted by atomic mass is 10.1. The van der Waals surface area contributed by atoms with Crippen LogP contribution in [0.2, 0.25) is 0 Å². The molecule has 0 spiro atoms. The van der Waals surface area contributed by atoms with E-state index in [1.54, 1.807) is 19.4 Å². The molecule has 0 fully saturated rings. The number of aromatic carboxylic acids is 1. The minimum absolute atomic E-state index is 0.165. The maximum absolute atomic E-state index is 10.8. The second kappa shape index (κ2) is 5.92. The zero-order valence-corrected chi connectivity index (χ0v) is 11.0. The van der Waals surface area contributed by atoms with Crippen molar-refractivity contribution in [2.75, 3.05) is 18.2 Å². The fourth-order valence-corrected chi connectivity index (χ4v) is 1.73. The number of hydrogen-bond donors (Lipinski definition) is 3. The lowest BCUT2D eigenvalue weighted by molar-refractivity contribution is 0.0697. The Kier molecular flexibility index (Phi) is 4.05. The molecular weight excluding hydrogens is 258 g/mol. The van der Waals surface area contributed by atoms with Gasteiger partial charge in [0.25, 0.3) is 0 Å². The van der Waals surface area contributed by atoms with Gasteiger partial charge in [0.2, 0.25) is 5.88 Å². The number of hydrogen-bond acceptors (Lipinski definition) is 5. The molecule has 0 radical (unpaired) electrons. The number of carboxylic acids is 1. The van der Waals surface area contributed by atoms with Crippen molar-refractivity contribution in [2.24, 2.45) is 0 Å². The monoisotopic (exact) mass is 273 g/mol. The first kappa shape index (κ1) is 13.7. The van der Waals surface area contributed by atoms with E-state index in [1.807, 2.05) is 12.1 Å².